The van der Waals surface area contributed by atoms with Crippen LogP contribution in [0, 0.1) is 5.92 Å². The Morgan fingerprint density at radius 3 is 2.91 bits per heavy atom. The second-order valence-electron chi connectivity index (χ2n) is 3.11. The normalized spacial score (nSPS) is 22.8. The molecule has 0 amide bonds. The molecule has 1 N–H and O–H groups in total. The van der Waals surface area contributed by atoms with Gasteiger partial charge in [0.05, 0.1) is 0 Å². The lowest BCUT2D eigenvalue weighted by atomic mass is 10.1. The summed E-state index contributed by atoms with van der Waals surface area (Å²) >= 11 is 0. The van der Waals surface area contributed by atoms with Gasteiger partial charge in [-0.15, -0.1) is 0 Å². The molecule has 11 heavy (non-hydrogen) atoms. The third-order valence-electron chi connectivity index (χ3n) is 1.80. The van der Waals surface area contributed by atoms with Gasteiger partial charge in [0.25, 0.3) is 0 Å². The predicted octanol–water partition coefficient (Wildman–Crippen LogP) is 0.657. The summed E-state index contributed by atoms with van der Waals surface area (Å²) in [6, 6.07) is 0. The molecule has 1 atom stereocenters. The Morgan fingerprint density at radius 2 is 2.45 bits per heavy atom. The van der Waals surface area contributed by atoms with E-state index in [1.807, 2.05) is 6.21 Å². The first-order valence-corrected chi connectivity index (χ1v) is 3.83. The second-order valence-corrected chi connectivity index (χ2v) is 3.11. The Bertz CT molecular complexity index is 172. The van der Waals surface area contributed by atoms with E-state index in [1.54, 1.807) is 0 Å². The fourth-order valence-electron chi connectivity index (χ4n) is 1.03. The molecular weight excluding hydrogens is 138 g/mol. The summed E-state index contributed by atoms with van der Waals surface area (Å²) in [6.07, 6.45) is 3.02. The highest BCUT2D eigenvalue weighted by atomic mass is 15.3. The average Bonchev–Trinajstić information content (AvgIpc) is 2.31. The van der Waals surface area contributed by atoms with Crippen molar-refractivity contribution in [1.29, 1.82) is 0 Å². The van der Waals surface area contributed by atoms with Gasteiger partial charge in [-0.1, -0.05) is 6.58 Å². The van der Waals surface area contributed by atoms with Crippen LogP contribution in [-0.2, 0) is 0 Å². The van der Waals surface area contributed by atoms with E-state index < -0.39 is 0 Å². The standard InChI is InChI=1S/C8H15N3/c1-7-8(6-9-10-7)4-5-11(2)3/h6,8,10H,1,4-5H2,2-3H3. The number of hydrazone groups is 1. The molecule has 0 aliphatic carbocycles. The lowest BCUT2D eigenvalue weighted by Gasteiger charge is -2.12. The second kappa shape index (κ2) is 3.53. The van der Waals surface area contributed by atoms with Crippen LogP contribution in [0.25, 0.3) is 0 Å². The SMILES string of the molecule is C=C1NN=CC1CCN(C)C. The van der Waals surface area contributed by atoms with Crippen LogP contribution in [-0.4, -0.2) is 31.8 Å². The van der Waals surface area contributed by atoms with Gasteiger partial charge in [-0.05, 0) is 27.1 Å². The highest BCUT2D eigenvalue weighted by molar-refractivity contribution is 5.67. The van der Waals surface area contributed by atoms with E-state index in [0.29, 0.717) is 5.92 Å². The van der Waals surface area contributed by atoms with E-state index in [4.69, 9.17) is 0 Å². The zero-order valence-electron chi connectivity index (χ0n) is 7.17. The van der Waals surface area contributed by atoms with Crippen molar-refractivity contribution in [3.63, 3.8) is 0 Å². The summed E-state index contributed by atoms with van der Waals surface area (Å²) in [6.45, 7) is 4.94. The molecule has 1 aliphatic heterocycles. The van der Waals surface area contributed by atoms with E-state index >= 15 is 0 Å². The molecule has 3 nitrogen and oxygen atoms in total. The monoisotopic (exact) mass is 153 g/mol. The molecule has 0 aromatic rings. The first-order chi connectivity index (χ1) is 5.20. The Hall–Kier alpha value is -0.830. The van der Waals surface area contributed by atoms with Crippen molar-refractivity contribution < 1.29 is 0 Å². The lowest BCUT2D eigenvalue weighted by Crippen LogP contribution is -2.18. The maximum absolute atomic E-state index is 3.93. The fourth-order valence-corrected chi connectivity index (χ4v) is 1.03. The van der Waals surface area contributed by atoms with Gasteiger partial charge in [-0.2, -0.15) is 5.10 Å². The summed E-state index contributed by atoms with van der Waals surface area (Å²) < 4.78 is 0. The van der Waals surface area contributed by atoms with Crippen molar-refractivity contribution in [1.82, 2.24) is 10.3 Å². The lowest BCUT2D eigenvalue weighted by molar-refractivity contribution is 0.389. The fraction of sp³-hybridized carbons (Fsp3) is 0.625. The molecule has 1 aliphatic rings. The van der Waals surface area contributed by atoms with Crippen molar-refractivity contribution in [2.45, 2.75) is 6.42 Å². The van der Waals surface area contributed by atoms with E-state index in [-0.39, 0.29) is 0 Å². The van der Waals surface area contributed by atoms with Crippen molar-refractivity contribution >= 4 is 6.21 Å². The van der Waals surface area contributed by atoms with Crippen LogP contribution in [0.15, 0.2) is 17.4 Å². The number of allylic oxidation sites excluding steroid dienone is 1. The van der Waals surface area contributed by atoms with E-state index in [1.165, 1.54) is 0 Å². The van der Waals surface area contributed by atoms with Crippen LogP contribution < -0.4 is 5.43 Å². The molecule has 0 aromatic carbocycles. The Morgan fingerprint density at radius 1 is 1.73 bits per heavy atom. The smallest absolute Gasteiger partial charge is 0.0384 e. The van der Waals surface area contributed by atoms with Crippen molar-refractivity contribution in [3.05, 3.63) is 12.3 Å². The van der Waals surface area contributed by atoms with Crippen LogP contribution in [0.1, 0.15) is 6.42 Å². The molecule has 0 saturated heterocycles. The van der Waals surface area contributed by atoms with Crippen LogP contribution >= 0.6 is 0 Å². The van der Waals surface area contributed by atoms with Crippen LogP contribution in [0.2, 0.25) is 0 Å². The van der Waals surface area contributed by atoms with Crippen molar-refractivity contribution in [3.8, 4) is 0 Å². The molecule has 3 heteroatoms. The summed E-state index contributed by atoms with van der Waals surface area (Å²) in [5.41, 5.74) is 3.87. The van der Waals surface area contributed by atoms with E-state index in [2.05, 4.69) is 36.1 Å². The average molecular weight is 153 g/mol. The molecule has 0 bridgehead atoms. The van der Waals surface area contributed by atoms with E-state index in [0.717, 1.165) is 18.7 Å². The number of hydrogen-bond donors (Lipinski definition) is 1. The van der Waals surface area contributed by atoms with Gasteiger partial charge in [-0.25, -0.2) is 0 Å². The zero-order valence-corrected chi connectivity index (χ0v) is 7.17. The van der Waals surface area contributed by atoms with Crippen molar-refractivity contribution in [2.75, 3.05) is 20.6 Å². The minimum absolute atomic E-state index is 0.428. The maximum Gasteiger partial charge on any atom is 0.0384 e. The first-order valence-electron chi connectivity index (χ1n) is 3.83. The molecule has 0 fully saturated rings. The van der Waals surface area contributed by atoms with Gasteiger partial charge in [0.1, 0.15) is 0 Å². The molecule has 0 aromatic heterocycles. The highest BCUT2D eigenvalue weighted by Gasteiger charge is 2.14. The van der Waals surface area contributed by atoms with Gasteiger partial charge in [-0.3, -0.25) is 5.43 Å². The van der Waals surface area contributed by atoms with Gasteiger partial charge in [0, 0.05) is 17.8 Å². The topological polar surface area (TPSA) is 27.6 Å². The number of nitrogens with one attached hydrogen (secondary N) is 1. The van der Waals surface area contributed by atoms with Gasteiger partial charge in [0.15, 0.2) is 0 Å². The summed E-state index contributed by atoms with van der Waals surface area (Å²) in [4.78, 5) is 2.17. The molecule has 62 valence electrons. The van der Waals surface area contributed by atoms with Gasteiger partial charge >= 0.3 is 0 Å². The summed E-state index contributed by atoms with van der Waals surface area (Å²) in [7, 11) is 4.14. The summed E-state index contributed by atoms with van der Waals surface area (Å²) in [5, 5.41) is 3.93. The molecule has 0 saturated carbocycles. The first kappa shape index (κ1) is 8.27. The van der Waals surface area contributed by atoms with Crippen LogP contribution in [0.3, 0.4) is 0 Å². The zero-order chi connectivity index (χ0) is 8.27. The minimum Gasteiger partial charge on any atom is -0.309 e. The number of nitrogens with zero attached hydrogens (tertiary/aromatic N) is 2. The maximum atomic E-state index is 3.93. The number of rotatable bonds is 3. The van der Waals surface area contributed by atoms with E-state index in [9.17, 15) is 0 Å². The van der Waals surface area contributed by atoms with Crippen LogP contribution in [0.4, 0.5) is 0 Å². The van der Waals surface area contributed by atoms with Gasteiger partial charge in [0.2, 0.25) is 0 Å². The molecule has 1 heterocycles. The molecule has 0 spiro atoms. The Labute approximate surface area is 67.8 Å². The third-order valence-corrected chi connectivity index (χ3v) is 1.80. The minimum atomic E-state index is 0.428. The molecular formula is C8H15N3. The Balaban J connectivity index is 2.26. The largest absolute Gasteiger partial charge is 0.309 e. The Kier molecular flexibility index (Phi) is 2.65. The molecule has 1 unspecified atom stereocenters. The highest BCUT2D eigenvalue weighted by Crippen LogP contribution is 2.12. The number of hydrogen-bond acceptors (Lipinski definition) is 3. The predicted molar refractivity (Wildman–Crippen MR) is 47.4 cm³/mol. The van der Waals surface area contributed by atoms with Gasteiger partial charge < -0.3 is 4.90 Å². The molecule has 0 radical (unpaired) electrons. The third kappa shape index (κ3) is 2.35. The van der Waals surface area contributed by atoms with Crippen molar-refractivity contribution in [2.24, 2.45) is 11.0 Å². The quantitative estimate of drug-likeness (QED) is 0.645. The summed E-state index contributed by atoms with van der Waals surface area (Å²) in [5.74, 6) is 0.428. The van der Waals surface area contributed by atoms with Crippen LogP contribution in [0.5, 0.6) is 0 Å². The molecule has 1 rings (SSSR count).